The molecule has 86 valence electrons. The second-order valence-corrected chi connectivity index (χ2v) is 4.30. The molecule has 0 fully saturated rings. The Morgan fingerprint density at radius 3 is 2.76 bits per heavy atom. The van der Waals surface area contributed by atoms with Gasteiger partial charge in [0, 0.05) is 12.3 Å². The zero-order valence-electron chi connectivity index (χ0n) is 8.54. The third kappa shape index (κ3) is 2.90. The highest BCUT2D eigenvalue weighted by atomic mass is 127. The first kappa shape index (κ1) is 11.8. The molecular formula is C11H7IN2O3. The number of rotatable bonds is 3. The molecule has 1 aromatic heterocycles. The summed E-state index contributed by atoms with van der Waals surface area (Å²) in [6, 6.07) is 9.99. The van der Waals surface area contributed by atoms with Crippen LogP contribution in [0.25, 0.3) is 0 Å². The summed E-state index contributed by atoms with van der Waals surface area (Å²) in [5, 5.41) is 10.6. The molecular weight excluding hydrogens is 335 g/mol. The molecule has 0 atom stereocenters. The van der Waals surface area contributed by atoms with Gasteiger partial charge in [0.2, 0.25) is 5.88 Å². The quantitative estimate of drug-likeness (QED) is 0.487. The van der Waals surface area contributed by atoms with E-state index in [1.54, 1.807) is 6.07 Å². The van der Waals surface area contributed by atoms with Gasteiger partial charge in [0.1, 0.15) is 5.75 Å². The zero-order valence-corrected chi connectivity index (χ0v) is 10.7. The third-order valence-corrected chi connectivity index (χ3v) is 2.87. The Balaban J connectivity index is 2.28. The van der Waals surface area contributed by atoms with E-state index in [4.69, 9.17) is 4.74 Å². The fourth-order valence-electron chi connectivity index (χ4n) is 1.21. The Hall–Kier alpha value is -1.70. The van der Waals surface area contributed by atoms with E-state index in [9.17, 15) is 10.1 Å². The molecule has 0 saturated carbocycles. The fraction of sp³-hybridized carbons (Fsp3) is 0. The Kier molecular flexibility index (Phi) is 3.52. The van der Waals surface area contributed by atoms with Crippen LogP contribution in [0.5, 0.6) is 11.6 Å². The van der Waals surface area contributed by atoms with Crippen LogP contribution in [0.1, 0.15) is 0 Å². The van der Waals surface area contributed by atoms with Crippen LogP contribution in [0.15, 0.2) is 42.6 Å². The van der Waals surface area contributed by atoms with E-state index < -0.39 is 4.92 Å². The number of halogens is 1. The lowest BCUT2D eigenvalue weighted by Crippen LogP contribution is -1.92. The Morgan fingerprint density at radius 2 is 2.06 bits per heavy atom. The van der Waals surface area contributed by atoms with Gasteiger partial charge < -0.3 is 4.74 Å². The summed E-state index contributed by atoms with van der Waals surface area (Å²) in [7, 11) is 0. The van der Waals surface area contributed by atoms with Crippen LogP contribution in [0.2, 0.25) is 0 Å². The number of benzene rings is 1. The standard InChI is InChI=1S/C11H7IN2O3/c12-9-3-1-2-4-10(9)17-11-7-8(14(15)16)5-6-13-11/h1-7H. The van der Waals surface area contributed by atoms with Gasteiger partial charge in [0.05, 0.1) is 14.6 Å². The maximum Gasteiger partial charge on any atom is 0.276 e. The fourth-order valence-corrected chi connectivity index (χ4v) is 1.71. The minimum atomic E-state index is -0.482. The molecule has 2 rings (SSSR count). The van der Waals surface area contributed by atoms with Crippen LogP contribution in [-0.4, -0.2) is 9.91 Å². The van der Waals surface area contributed by atoms with E-state index in [2.05, 4.69) is 27.6 Å². The lowest BCUT2D eigenvalue weighted by molar-refractivity contribution is -0.385. The van der Waals surface area contributed by atoms with Crippen molar-refractivity contribution in [3.8, 4) is 11.6 Å². The van der Waals surface area contributed by atoms with Gasteiger partial charge in [-0.1, -0.05) is 12.1 Å². The van der Waals surface area contributed by atoms with Crippen molar-refractivity contribution in [2.24, 2.45) is 0 Å². The molecule has 0 aliphatic heterocycles. The second kappa shape index (κ2) is 5.09. The topological polar surface area (TPSA) is 65.3 Å². The lowest BCUT2D eigenvalue weighted by Gasteiger charge is -2.05. The average Bonchev–Trinajstić information content (AvgIpc) is 2.32. The van der Waals surface area contributed by atoms with E-state index in [1.165, 1.54) is 18.3 Å². The molecule has 0 bridgehead atoms. The number of hydrogen-bond donors (Lipinski definition) is 0. The van der Waals surface area contributed by atoms with E-state index in [-0.39, 0.29) is 11.6 Å². The van der Waals surface area contributed by atoms with Gasteiger partial charge in [0.15, 0.2) is 0 Å². The maximum atomic E-state index is 10.6. The van der Waals surface area contributed by atoms with Crippen molar-refractivity contribution >= 4 is 28.3 Å². The molecule has 6 heteroatoms. The molecule has 0 radical (unpaired) electrons. The number of para-hydroxylation sites is 1. The molecule has 1 heterocycles. The molecule has 2 aromatic rings. The van der Waals surface area contributed by atoms with Gasteiger partial charge in [-0.05, 0) is 34.7 Å². The number of hydrogen-bond acceptors (Lipinski definition) is 4. The number of nitro groups is 1. The summed E-state index contributed by atoms with van der Waals surface area (Å²) in [4.78, 5) is 14.0. The molecule has 0 spiro atoms. The summed E-state index contributed by atoms with van der Waals surface area (Å²) >= 11 is 2.12. The normalized spacial score (nSPS) is 9.94. The highest BCUT2D eigenvalue weighted by Gasteiger charge is 2.09. The van der Waals surface area contributed by atoms with E-state index in [1.807, 2.05) is 18.2 Å². The Labute approximate surface area is 111 Å². The second-order valence-electron chi connectivity index (χ2n) is 3.14. The van der Waals surface area contributed by atoms with Gasteiger partial charge >= 0.3 is 0 Å². The first-order chi connectivity index (χ1) is 8.16. The first-order valence-electron chi connectivity index (χ1n) is 4.69. The smallest absolute Gasteiger partial charge is 0.276 e. The molecule has 17 heavy (non-hydrogen) atoms. The number of aromatic nitrogens is 1. The Morgan fingerprint density at radius 1 is 1.29 bits per heavy atom. The molecule has 0 aliphatic rings. The molecule has 0 N–H and O–H groups in total. The average molecular weight is 342 g/mol. The van der Waals surface area contributed by atoms with E-state index in [0.29, 0.717) is 5.75 Å². The lowest BCUT2D eigenvalue weighted by atomic mass is 10.3. The number of nitrogens with zero attached hydrogens (tertiary/aromatic N) is 2. The molecule has 0 saturated heterocycles. The minimum Gasteiger partial charge on any atom is -0.438 e. The van der Waals surface area contributed by atoms with Crippen molar-refractivity contribution in [2.45, 2.75) is 0 Å². The van der Waals surface area contributed by atoms with Gasteiger partial charge in [0.25, 0.3) is 5.69 Å². The number of ether oxygens (including phenoxy) is 1. The van der Waals surface area contributed by atoms with Crippen molar-refractivity contribution in [3.05, 3.63) is 56.3 Å². The highest BCUT2D eigenvalue weighted by molar-refractivity contribution is 14.1. The monoisotopic (exact) mass is 342 g/mol. The first-order valence-corrected chi connectivity index (χ1v) is 5.77. The van der Waals surface area contributed by atoms with Crippen molar-refractivity contribution in [1.29, 1.82) is 0 Å². The molecule has 1 aromatic carbocycles. The van der Waals surface area contributed by atoms with Crippen LogP contribution in [-0.2, 0) is 0 Å². The molecule has 0 amide bonds. The molecule has 5 nitrogen and oxygen atoms in total. The summed E-state index contributed by atoms with van der Waals surface area (Å²) in [5.41, 5.74) is -0.0408. The van der Waals surface area contributed by atoms with Crippen LogP contribution in [0.3, 0.4) is 0 Å². The van der Waals surface area contributed by atoms with Gasteiger partial charge in [-0.15, -0.1) is 0 Å². The van der Waals surface area contributed by atoms with Gasteiger partial charge in [-0.25, -0.2) is 4.98 Å². The van der Waals surface area contributed by atoms with Crippen LogP contribution in [0, 0.1) is 13.7 Å². The molecule has 0 unspecified atom stereocenters. The molecule has 0 aliphatic carbocycles. The SMILES string of the molecule is O=[N+]([O-])c1ccnc(Oc2ccccc2I)c1. The van der Waals surface area contributed by atoms with Crippen molar-refractivity contribution in [3.63, 3.8) is 0 Å². The van der Waals surface area contributed by atoms with Crippen LogP contribution >= 0.6 is 22.6 Å². The van der Waals surface area contributed by atoms with Crippen molar-refractivity contribution in [2.75, 3.05) is 0 Å². The van der Waals surface area contributed by atoms with E-state index >= 15 is 0 Å². The predicted molar refractivity (Wildman–Crippen MR) is 70.1 cm³/mol. The van der Waals surface area contributed by atoms with Crippen LogP contribution in [0.4, 0.5) is 5.69 Å². The summed E-state index contributed by atoms with van der Waals surface area (Å²) in [5.74, 6) is 0.837. The highest BCUT2D eigenvalue weighted by Crippen LogP contribution is 2.26. The van der Waals surface area contributed by atoms with Gasteiger partial charge in [-0.3, -0.25) is 10.1 Å². The van der Waals surface area contributed by atoms with Gasteiger partial charge in [-0.2, -0.15) is 0 Å². The largest absolute Gasteiger partial charge is 0.438 e. The summed E-state index contributed by atoms with van der Waals surface area (Å²) in [6.45, 7) is 0. The summed E-state index contributed by atoms with van der Waals surface area (Å²) < 4.78 is 6.39. The van der Waals surface area contributed by atoms with E-state index in [0.717, 1.165) is 3.57 Å². The van der Waals surface area contributed by atoms with Crippen molar-refractivity contribution in [1.82, 2.24) is 4.98 Å². The Bertz CT molecular complexity index is 560. The van der Waals surface area contributed by atoms with Crippen LogP contribution < -0.4 is 4.74 Å². The zero-order chi connectivity index (χ0) is 12.3. The van der Waals surface area contributed by atoms with Crippen molar-refractivity contribution < 1.29 is 9.66 Å². The predicted octanol–water partition coefficient (Wildman–Crippen LogP) is 3.39. The minimum absolute atomic E-state index is 0.0408. The third-order valence-electron chi connectivity index (χ3n) is 1.98. The maximum absolute atomic E-state index is 10.6. The summed E-state index contributed by atoms with van der Waals surface area (Å²) in [6.07, 6.45) is 1.35. The number of pyridine rings is 1.